The first-order valence-corrected chi connectivity index (χ1v) is 5.37. The molecular weight excluding hydrogens is 224 g/mol. The first-order valence-electron chi connectivity index (χ1n) is 5.37. The van der Waals surface area contributed by atoms with Crippen molar-refractivity contribution in [3.63, 3.8) is 0 Å². The fourth-order valence-corrected chi connectivity index (χ4v) is 1.62. The Labute approximate surface area is 98.6 Å². The second-order valence-electron chi connectivity index (χ2n) is 3.91. The Morgan fingerprint density at radius 1 is 1.29 bits per heavy atom. The third kappa shape index (κ3) is 2.82. The van der Waals surface area contributed by atoms with Crippen molar-refractivity contribution in [2.24, 2.45) is 0 Å². The molecule has 2 N–H and O–H groups in total. The molecule has 3 atom stereocenters. The van der Waals surface area contributed by atoms with Crippen molar-refractivity contribution in [1.82, 2.24) is 0 Å². The van der Waals surface area contributed by atoms with E-state index in [2.05, 4.69) is 4.74 Å². The summed E-state index contributed by atoms with van der Waals surface area (Å²) in [5.41, 5.74) is 0.882. The number of aliphatic hydroxyl groups is 2. The Bertz CT molecular complexity index is 378. The standard InChI is InChI=1S/C12H14O5/c13-9-7-17-12(15)11(10(9)14)16-6-8-4-2-1-3-5-8/h1-5,9-11,13-14H,6-7H2/t9-,10-,11-/m1/s1. The van der Waals surface area contributed by atoms with Gasteiger partial charge in [0, 0.05) is 0 Å². The van der Waals surface area contributed by atoms with Crippen LogP contribution in [0, 0.1) is 0 Å². The summed E-state index contributed by atoms with van der Waals surface area (Å²) >= 11 is 0. The predicted octanol–water partition coefficient (Wildman–Crippen LogP) is -0.150. The summed E-state index contributed by atoms with van der Waals surface area (Å²) < 4.78 is 9.97. The molecule has 0 bridgehead atoms. The Balaban J connectivity index is 1.95. The van der Waals surface area contributed by atoms with Crippen LogP contribution in [0.15, 0.2) is 30.3 Å². The molecule has 1 aliphatic rings. The Morgan fingerprint density at radius 2 is 2.00 bits per heavy atom. The van der Waals surface area contributed by atoms with Crippen molar-refractivity contribution in [3.8, 4) is 0 Å². The molecule has 5 nitrogen and oxygen atoms in total. The Morgan fingerprint density at radius 3 is 2.71 bits per heavy atom. The highest BCUT2D eigenvalue weighted by Gasteiger charge is 2.39. The van der Waals surface area contributed by atoms with Gasteiger partial charge < -0.3 is 19.7 Å². The number of aliphatic hydroxyl groups excluding tert-OH is 2. The molecule has 0 amide bonds. The van der Waals surface area contributed by atoms with Gasteiger partial charge >= 0.3 is 5.97 Å². The van der Waals surface area contributed by atoms with E-state index in [0.717, 1.165) is 5.56 Å². The lowest BCUT2D eigenvalue weighted by Gasteiger charge is -2.30. The number of carbonyl (C=O) groups is 1. The molecule has 5 heteroatoms. The second-order valence-corrected chi connectivity index (χ2v) is 3.91. The quantitative estimate of drug-likeness (QED) is 0.716. The summed E-state index contributed by atoms with van der Waals surface area (Å²) in [6, 6.07) is 9.26. The minimum atomic E-state index is -1.24. The van der Waals surface area contributed by atoms with Gasteiger partial charge in [0.25, 0.3) is 0 Å². The number of hydrogen-bond acceptors (Lipinski definition) is 5. The summed E-state index contributed by atoms with van der Waals surface area (Å²) in [6.45, 7) is -0.00438. The number of rotatable bonds is 3. The molecule has 1 heterocycles. The van der Waals surface area contributed by atoms with Crippen LogP contribution >= 0.6 is 0 Å². The largest absolute Gasteiger partial charge is 0.461 e. The van der Waals surface area contributed by atoms with Crippen LogP contribution in [0.2, 0.25) is 0 Å². The van der Waals surface area contributed by atoms with E-state index in [4.69, 9.17) is 4.74 Å². The summed E-state index contributed by atoms with van der Waals surface area (Å²) in [5.74, 6) is -0.640. The molecular formula is C12H14O5. The van der Waals surface area contributed by atoms with Crippen molar-refractivity contribution in [3.05, 3.63) is 35.9 Å². The van der Waals surface area contributed by atoms with E-state index in [1.165, 1.54) is 0 Å². The third-order valence-electron chi connectivity index (χ3n) is 2.61. The molecule has 2 rings (SSSR count). The summed E-state index contributed by atoms with van der Waals surface area (Å²) in [6.07, 6.45) is -3.45. The van der Waals surface area contributed by atoms with Gasteiger partial charge in [0.15, 0.2) is 6.10 Å². The van der Waals surface area contributed by atoms with Gasteiger partial charge in [-0.2, -0.15) is 0 Å². The van der Waals surface area contributed by atoms with Crippen LogP contribution in [0.4, 0.5) is 0 Å². The first-order chi connectivity index (χ1) is 8.18. The zero-order valence-electron chi connectivity index (χ0n) is 9.15. The lowest BCUT2D eigenvalue weighted by atomic mass is 10.1. The molecule has 0 aromatic heterocycles. The number of carbonyl (C=O) groups excluding carboxylic acids is 1. The number of esters is 1. The van der Waals surface area contributed by atoms with Gasteiger partial charge in [0.05, 0.1) is 6.61 Å². The maximum atomic E-state index is 11.4. The van der Waals surface area contributed by atoms with E-state index in [0.29, 0.717) is 0 Å². The van der Waals surface area contributed by atoms with E-state index in [1.807, 2.05) is 30.3 Å². The zero-order valence-corrected chi connectivity index (χ0v) is 9.15. The number of cyclic esters (lactones) is 1. The minimum Gasteiger partial charge on any atom is -0.461 e. The number of hydrogen-bond donors (Lipinski definition) is 2. The van der Waals surface area contributed by atoms with Gasteiger partial charge in [-0.05, 0) is 5.56 Å². The van der Waals surface area contributed by atoms with Gasteiger partial charge in [-0.25, -0.2) is 4.79 Å². The molecule has 0 radical (unpaired) electrons. The molecule has 1 aromatic rings. The van der Waals surface area contributed by atoms with Gasteiger partial charge in [-0.3, -0.25) is 0 Å². The number of ether oxygens (including phenoxy) is 2. The fourth-order valence-electron chi connectivity index (χ4n) is 1.62. The lowest BCUT2D eigenvalue weighted by molar-refractivity contribution is -0.195. The molecule has 0 spiro atoms. The molecule has 1 saturated heterocycles. The Kier molecular flexibility index (Phi) is 3.73. The molecule has 0 unspecified atom stereocenters. The maximum Gasteiger partial charge on any atom is 0.338 e. The molecule has 1 aliphatic heterocycles. The molecule has 1 aromatic carbocycles. The highest BCUT2D eigenvalue weighted by Crippen LogP contribution is 2.15. The van der Waals surface area contributed by atoms with E-state index in [-0.39, 0.29) is 13.2 Å². The smallest absolute Gasteiger partial charge is 0.338 e. The van der Waals surface area contributed by atoms with Crippen LogP contribution in [-0.2, 0) is 20.9 Å². The van der Waals surface area contributed by atoms with E-state index in [1.54, 1.807) is 0 Å². The van der Waals surface area contributed by atoms with Crippen LogP contribution in [0.25, 0.3) is 0 Å². The van der Waals surface area contributed by atoms with Crippen LogP contribution < -0.4 is 0 Å². The average molecular weight is 238 g/mol. The van der Waals surface area contributed by atoms with Crippen molar-refractivity contribution >= 4 is 5.97 Å². The maximum absolute atomic E-state index is 11.4. The molecule has 1 fully saturated rings. The minimum absolute atomic E-state index is 0.185. The van der Waals surface area contributed by atoms with Gasteiger partial charge in [0.2, 0.25) is 0 Å². The van der Waals surface area contributed by atoms with Crippen LogP contribution in [0.1, 0.15) is 5.56 Å². The van der Waals surface area contributed by atoms with Gasteiger partial charge in [0.1, 0.15) is 18.8 Å². The fraction of sp³-hybridized carbons (Fsp3) is 0.417. The summed E-state index contributed by atoms with van der Waals surface area (Å²) in [7, 11) is 0. The topological polar surface area (TPSA) is 76.0 Å². The normalized spacial score (nSPS) is 28.8. The van der Waals surface area contributed by atoms with Crippen molar-refractivity contribution in [2.45, 2.75) is 24.9 Å². The Hall–Kier alpha value is -1.43. The zero-order chi connectivity index (χ0) is 12.3. The van der Waals surface area contributed by atoms with Crippen LogP contribution in [0.5, 0.6) is 0 Å². The van der Waals surface area contributed by atoms with E-state index < -0.39 is 24.3 Å². The highest BCUT2D eigenvalue weighted by atomic mass is 16.6. The van der Waals surface area contributed by atoms with Crippen LogP contribution in [-0.4, -0.2) is 41.1 Å². The molecule has 0 aliphatic carbocycles. The second kappa shape index (κ2) is 5.27. The van der Waals surface area contributed by atoms with Gasteiger partial charge in [-0.15, -0.1) is 0 Å². The summed E-state index contributed by atoms with van der Waals surface area (Å²) in [4.78, 5) is 11.4. The van der Waals surface area contributed by atoms with E-state index in [9.17, 15) is 15.0 Å². The lowest BCUT2D eigenvalue weighted by Crippen LogP contribution is -2.51. The molecule has 17 heavy (non-hydrogen) atoms. The SMILES string of the molecule is O=C1OC[C@@H](O)[C@@H](O)[C@H]1OCc1ccccc1. The van der Waals surface area contributed by atoms with Crippen molar-refractivity contribution in [2.75, 3.05) is 6.61 Å². The summed E-state index contributed by atoms with van der Waals surface area (Å²) in [5, 5.41) is 19.0. The third-order valence-corrected chi connectivity index (χ3v) is 2.61. The van der Waals surface area contributed by atoms with Crippen molar-refractivity contribution in [1.29, 1.82) is 0 Å². The van der Waals surface area contributed by atoms with Gasteiger partial charge in [-0.1, -0.05) is 30.3 Å². The molecule has 0 saturated carbocycles. The monoisotopic (exact) mass is 238 g/mol. The van der Waals surface area contributed by atoms with Crippen molar-refractivity contribution < 1.29 is 24.5 Å². The predicted molar refractivity (Wildman–Crippen MR) is 58.0 cm³/mol. The molecule has 92 valence electrons. The van der Waals surface area contributed by atoms with E-state index >= 15 is 0 Å². The average Bonchev–Trinajstić information content (AvgIpc) is 2.35. The number of benzene rings is 1. The first kappa shape index (κ1) is 12.0. The van der Waals surface area contributed by atoms with Crippen LogP contribution in [0.3, 0.4) is 0 Å². The highest BCUT2D eigenvalue weighted by molar-refractivity contribution is 5.76.